The number of rotatable bonds is 3. The summed E-state index contributed by atoms with van der Waals surface area (Å²) in [6.07, 6.45) is -0.123. The maximum absolute atomic E-state index is 13.2. The maximum Gasteiger partial charge on any atom is 0.179 e. The normalized spacial score (nSPS) is 18.8. The molecule has 17 heavy (non-hydrogen) atoms. The van der Waals surface area contributed by atoms with Gasteiger partial charge in [0, 0.05) is 6.07 Å². The van der Waals surface area contributed by atoms with E-state index in [1.807, 2.05) is 0 Å². The van der Waals surface area contributed by atoms with Gasteiger partial charge in [-0.15, -0.1) is 0 Å². The maximum atomic E-state index is 13.2. The second-order valence-electron chi connectivity index (χ2n) is 3.89. The first-order chi connectivity index (χ1) is 8.06. The molecule has 1 fully saturated rings. The van der Waals surface area contributed by atoms with Gasteiger partial charge in [0.05, 0.1) is 11.6 Å². The molecule has 3 nitrogen and oxygen atoms in total. The summed E-state index contributed by atoms with van der Waals surface area (Å²) >= 11 is 6.01. The summed E-state index contributed by atoms with van der Waals surface area (Å²) in [6, 6.07) is 2.64. The van der Waals surface area contributed by atoms with Gasteiger partial charge in [0.25, 0.3) is 0 Å². The number of hydrogen-bond donors (Lipinski definition) is 1. The van der Waals surface area contributed by atoms with Crippen LogP contribution in [0.4, 0.5) is 4.39 Å². The molecule has 1 heterocycles. The van der Waals surface area contributed by atoms with Gasteiger partial charge in [-0.25, -0.2) is 4.39 Å². The van der Waals surface area contributed by atoms with Crippen molar-refractivity contribution in [3.63, 3.8) is 0 Å². The van der Waals surface area contributed by atoms with E-state index < -0.39 is 0 Å². The highest BCUT2D eigenvalue weighted by Gasteiger charge is 2.19. The summed E-state index contributed by atoms with van der Waals surface area (Å²) in [5.74, 6) is 0.502. The molecule has 0 aliphatic carbocycles. The second kappa shape index (κ2) is 4.84. The fourth-order valence-corrected chi connectivity index (χ4v) is 1.75. The molecule has 0 spiro atoms. The summed E-state index contributed by atoms with van der Waals surface area (Å²) in [6.45, 7) is 6.29. The number of ether oxygens (including phenoxy) is 2. The Morgan fingerprint density at radius 3 is 3.06 bits per heavy atom. The standard InChI is InChI=1S/C12H13ClFNO2/c1-7-3-9(14)4-11(12(7)13)16-6-10-5-15-8(2)17-10/h3-4,10,15H,2,5-6H2,1H3/t10-/m1/s1. The van der Waals surface area contributed by atoms with Crippen molar-refractivity contribution >= 4 is 11.6 Å². The number of halogens is 2. The average molecular weight is 258 g/mol. The SMILES string of the molecule is C=C1NC[C@H](COc2cc(F)cc(C)c2Cl)O1. The van der Waals surface area contributed by atoms with Crippen molar-refractivity contribution in [2.24, 2.45) is 0 Å². The van der Waals surface area contributed by atoms with E-state index in [-0.39, 0.29) is 11.9 Å². The molecule has 1 aromatic carbocycles. The molecular weight excluding hydrogens is 245 g/mol. The first kappa shape index (κ1) is 12.0. The van der Waals surface area contributed by atoms with Crippen molar-refractivity contribution in [3.05, 3.63) is 41.0 Å². The molecule has 1 N–H and O–H groups in total. The number of benzene rings is 1. The molecule has 1 aromatic rings. The zero-order valence-corrected chi connectivity index (χ0v) is 10.2. The Balaban J connectivity index is 2.01. The Morgan fingerprint density at radius 1 is 1.65 bits per heavy atom. The van der Waals surface area contributed by atoms with Gasteiger partial charge in [0.1, 0.15) is 18.2 Å². The van der Waals surface area contributed by atoms with Crippen LogP contribution in [0.1, 0.15) is 5.56 Å². The van der Waals surface area contributed by atoms with Gasteiger partial charge in [-0.1, -0.05) is 11.6 Å². The highest BCUT2D eigenvalue weighted by Crippen LogP contribution is 2.29. The molecule has 0 aromatic heterocycles. The highest BCUT2D eigenvalue weighted by molar-refractivity contribution is 6.32. The summed E-state index contributed by atoms with van der Waals surface area (Å²) < 4.78 is 23.9. The van der Waals surface area contributed by atoms with Gasteiger partial charge < -0.3 is 14.8 Å². The Labute approximate surface area is 104 Å². The van der Waals surface area contributed by atoms with Gasteiger partial charge in [-0.3, -0.25) is 0 Å². The van der Waals surface area contributed by atoms with E-state index in [0.29, 0.717) is 35.4 Å². The lowest BCUT2D eigenvalue weighted by Crippen LogP contribution is -2.22. The van der Waals surface area contributed by atoms with Gasteiger partial charge >= 0.3 is 0 Å². The number of aryl methyl sites for hydroxylation is 1. The molecule has 1 aliphatic rings. The van der Waals surface area contributed by atoms with Crippen molar-refractivity contribution in [2.45, 2.75) is 13.0 Å². The molecule has 0 bridgehead atoms. The molecule has 0 radical (unpaired) electrons. The fraction of sp³-hybridized carbons (Fsp3) is 0.333. The topological polar surface area (TPSA) is 30.5 Å². The van der Waals surface area contributed by atoms with E-state index in [0.717, 1.165) is 0 Å². The molecule has 0 amide bonds. The van der Waals surface area contributed by atoms with Crippen LogP contribution in [0.15, 0.2) is 24.6 Å². The van der Waals surface area contributed by atoms with Gasteiger partial charge in [-0.2, -0.15) is 0 Å². The van der Waals surface area contributed by atoms with E-state index >= 15 is 0 Å². The Morgan fingerprint density at radius 2 is 2.41 bits per heavy atom. The van der Waals surface area contributed by atoms with Crippen LogP contribution in [0.5, 0.6) is 5.75 Å². The molecule has 92 valence electrons. The lowest BCUT2D eigenvalue weighted by atomic mass is 10.2. The predicted molar refractivity (Wildman–Crippen MR) is 63.7 cm³/mol. The predicted octanol–water partition coefficient (Wildman–Crippen LogP) is 2.63. The van der Waals surface area contributed by atoms with Crippen LogP contribution in [-0.4, -0.2) is 19.3 Å². The van der Waals surface area contributed by atoms with Crippen LogP contribution in [0, 0.1) is 12.7 Å². The van der Waals surface area contributed by atoms with Crippen LogP contribution in [0.2, 0.25) is 5.02 Å². The minimum Gasteiger partial charge on any atom is -0.488 e. The van der Waals surface area contributed by atoms with E-state index in [4.69, 9.17) is 21.1 Å². The Bertz CT molecular complexity index is 450. The monoisotopic (exact) mass is 257 g/mol. The van der Waals surface area contributed by atoms with E-state index in [1.54, 1.807) is 6.92 Å². The zero-order chi connectivity index (χ0) is 12.4. The van der Waals surface area contributed by atoms with Crippen LogP contribution in [-0.2, 0) is 4.74 Å². The third-order valence-electron chi connectivity index (χ3n) is 2.45. The van der Waals surface area contributed by atoms with Crippen LogP contribution < -0.4 is 10.1 Å². The zero-order valence-electron chi connectivity index (χ0n) is 9.43. The molecule has 1 saturated heterocycles. The largest absolute Gasteiger partial charge is 0.488 e. The second-order valence-corrected chi connectivity index (χ2v) is 4.27. The van der Waals surface area contributed by atoms with Gasteiger partial charge in [-0.05, 0) is 25.1 Å². The van der Waals surface area contributed by atoms with E-state index in [9.17, 15) is 4.39 Å². The van der Waals surface area contributed by atoms with Crippen LogP contribution in [0.3, 0.4) is 0 Å². The van der Waals surface area contributed by atoms with Crippen molar-refractivity contribution in [2.75, 3.05) is 13.2 Å². The summed E-state index contributed by atoms with van der Waals surface area (Å²) in [5, 5.41) is 3.37. The van der Waals surface area contributed by atoms with Crippen molar-refractivity contribution in [1.29, 1.82) is 0 Å². The van der Waals surface area contributed by atoms with Crippen molar-refractivity contribution < 1.29 is 13.9 Å². The summed E-state index contributed by atoms with van der Waals surface area (Å²) in [7, 11) is 0. The Kier molecular flexibility index (Phi) is 3.43. The highest BCUT2D eigenvalue weighted by atomic mass is 35.5. The van der Waals surface area contributed by atoms with Gasteiger partial charge in [0.15, 0.2) is 12.0 Å². The van der Waals surface area contributed by atoms with Gasteiger partial charge in [0.2, 0.25) is 0 Å². The number of hydrogen-bond acceptors (Lipinski definition) is 3. The smallest absolute Gasteiger partial charge is 0.179 e. The first-order valence-electron chi connectivity index (χ1n) is 5.24. The molecule has 5 heteroatoms. The summed E-state index contributed by atoms with van der Waals surface area (Å²) in [5.41, 5.74) is 0.650. The Hall–Kier alpha value is -1.42. The quantitative estimate of drug-likeness (QED) is 0.903. The third-order valence-corrected chi connectivity index (χ3v) is 2.93. The van der Waals surface area contributed by atoms with Crippen molar-refractivity contribution in [3.8, 4) is 5.75 Å². The van der Waals surface area contributed by atoms with E-state index in [2.05, 4.69) is 11.9 Å². The lowest BCUT2D eigenvalue weighted by Gasteiger charge is -2.13. The summed E-state index contributed by atoms with van der Waals surface area (Å²) in [4.78, 5) is 0. The number of nitrogens with one attached hydrogen (secondary N) is 1. The fourth-order valence-electron chi connectivity index (χ4n) is 1.59. The third kappa shape index (κ3) is 2.82. The van der Waals surface area contributed by atoms with E-state index in [1.165, 1.54) is 12.1 Å². The first-order valence-corrected chi connectivity index (χ1v) is 5.62. The van der Waals surface area contributed by atoms with Crippen LogP contribution in [0.25, 0.3) is 0 Å². The minimum absolute atomic E-state index is 0.123. The molecule has 1 atom stereocenters. The van der Waals surface area contributed by atoms with Crippen molar-refractivity contribution in [1.82, 2.24) is 5.32 Å². The minimum atomic E-state index is -0.364. The molecule has 2 rings (SSSR count). The molecule has 1 aliphatic heterocycles. The lowest BCUT2D eigenvalue weighted by molar-refractivity contribution is 0.110. The molecular formula is C12H13ClFNO2. The van der Waals surface area contributed by atoms with Crippen LogP contribution >= 0.6 is 11.6 Å². The average Bonchev–Trinajstić information content (AvgIpc) is 2.67. The molecule has 0 saturated carbocycles. The molecule has 0 unspecified atom stereocenters.